The zero-order valence-corrected chi connectivity index (χ0v) is 17.6. The maximum atomic E-state index is 12.9. The minimum atomic E-state index is -0.634. The second kappa shape index (κ2) is 7.27. The van der Waals surface area contributed by atoms with E-state index in [9.17, 15) is 9.59 Å². The van der Waals surface area contributed by atoms with Gasteiger partial charge in [0.05, 0.1) is 0 Å². The van der Waals surface area contributed by atoms with Crippen molar-refractivity contribution in [3.8, 4) is 0 Å². The SMILES string of the molecule is Cc1cc(C)c(CN2CCC3(CC2)C(=O)N(C)C(=O)N3CC(C)C)cc1C. The predicted octanol–water partition coefficient (Wildman–Crippen LogP) is 3.50. The third-order valence-electron chi connectivity index (χ3n) is 6.31. The molecule has 0 atom stereocenters. The first-order chi connectivity index (χ1) is 12.7. The highest BCUT2D eigenvalue weighted by molar-refractivity contribution is 6.06. The molecule has 1 aromatic carbocycles. The Morgan fingerprint density at radius 2 is 1.59 bits per heavy atom. The molecular weight excluding hydrogens is 338 g/mol. The van der Waals surface area contributed by atoms with E-state index in [0.717, 1.165) is 32.5 Å². The van der Waals surface area contributed by atoms with E-state index in [4.69, 9.17) is 0 Å². The zero-order valence-electron chi connectivity index (χ0n) is 17.6. The topological polar surface area (TPSA) is 43.9 Å². The number of hydrogen-bond donors (Lipinski definition) is 0. The van der Waals surface area contributed by atoms with Crippen LogP contribution in [0.3, 0.4) is 0 Å². The van der Waals surface area contributed by atoms with Crippen LogP contribution >= 0.6 is 0 Å². The Morgan fingerprint density at radius 3 is 2.19 bits per heavy atom. The van der Waals surface area contributed by atoms with Crippen LogP contribution in [0, 0.1) is 26.7 Å². The van der Waals surface area contributed by atoms with Gasteiger partial charge in [-0.3, -0.25) is 14.6 Å². The quantitative estimate of drug-likeness (QED) is 0.761. The summed E-state index contributed by atoms with van der Waals surface area (Å²) in [7, 11) is 1.62. The molecule has 5 heteroatoms. The Bertz CT molecular complexity index is 748. The number of benzene rings is 1. The average molecular weight is 372 g/mol. The van der Waals surface area contributed by atoms with Crippen molar-refractivity contribution in [2.75, 3.05) is 26.7 Å². The average Bonchev–Trinajstić information content (AvgIpc) is 2.77. The molecule has 5 nitrogen and oxygen atoms in total. The molecule has 0 aliphatic carbocycles. The summed E-state index contributed by atoms with van der Waals surface area (Å²) in [6.45, 7) is 13.9. The number of amides is 3. The van der Waals surface area contributed by atoms with Crippen LogP contribution in [0.25, 0.3) is 0 Å². The Morgan fingerprint density at radius 1 is 1.00 bits per heavy atom. The molecule has 0 N–H and O–H groups in total. The number of carbonyl (C=O) groups is 2. The van der Waals surface area contributed by atoms with E-state index in [2.05, 4.69) is 51.7 Å². The maximum Gasteiger partial charge on any atom is 0.327 e. The summed E-state index contributed by atoms with van der Waals surface area (Å²) in [6.07, 6.45) is 1.44. The van der Waals surface area contributed by atoms with Gasteiger partial charge in [-0.1, -0.05) is 26.0 Å². The lowest BCUT2D eigenvalue weighted by Gasteiger charge is -2.43. The van der Waals surface area contributed by atoms with Crippen molar-refractivity contribution in [3.05, 3.63) is 34.4 Å². The van der Waals surface area contributed by atoms with E-state index in [1.165, 1.54) is 27.2 Å². The molecule has 2 aliphatic heterocycles. The highest BCUT2D eigenvalue weighted by Gasteiger charge is 2.56. The summed E-state index contributed by atoms with van der Waals surface area (Å²) in [5.74, 6) is 0.330. The van der Waals surface area contributed by atoms with Gasteiger partial charge in [-0.25, -0.2) is 4.79 Å². The number of imide groups is 1. The number of likely N-dealkylation sites (tertiary alicyclic amines) is 1. The number of piperidine rings is 1. The zero-order chi connectivity index (χ0) is 19.9. The summed E-state index contributed by atoms with van der Waals surface area (Å²) in [5, 5.41) is 0. The molecule has 2 aliphatic rings. The summed E-state index contributed by atoms with van der Waals surface area (Å²) < 4.78 is 0. The molecule has 2 saturated heterocycles. The van der Waals surface area contributed by atoms with E-state index < -0.39 is 5.54 Å². The smallest absolute Gasteiger partial charge is 0.309 e. The molecule has 1 spiro atoms. The summed E-state index contributed by atoms with van der Waals surface area (Å²) in [5.41, 5.74) is 4.71. The molecule has 27 heavy (non-hydrogen) atoms. The Labute approximate surface area is 163 Å². The normalized spacial score (nSPS) is 20.4. The van der Waals surface area contributed by atoms with Gasteiger partial charge in [-0.05, 0) is 61.8 Å². The van der Waals surface area contributed by atoms with Crippen molar-refractivity contribution in [1.29, 1.82) is 0 Å². The molecule has 0 aromatic heterocycles. The van der Waals surface area contributed by atoms with Crippen molar-refractivity contribution in [1.82, 2.24) is 14.7 Å². The minimum Gasteiger partial charge on any atom is -0.309 e. The van der Waals surface area contributed by atoms with Crippen LogP contribution in [0.5, 0.6) is 0 Å². The largest absolute Gasteiger partial charge is 0.327 e. The van der Waals surface area contributed by atoms with E-state index in [0.29, 0.717) is 12.5 Å². The highest BCUT2D eigenvalue weighted by atomic mass is 16.2. The van der Waals surface area contributed by atoms with Gasteiger partial charge in [-0.15, -0.1) is 0 Å². The van der Waals surface area contributed by atoms with Crippen molar-refractivity contribution < 1.29 is 9.59 Å². The maximum absolute atomic E-state index is 12.9. The first-order valence-electron chi connectivity index (χ1n) is 10.0. The van der Waals surface area contributed by atoms with Crippen LogP contribution < -0.4 is 0 Å². The number of hydrogen-bond acceptors (Lipinski definition) is 3. The predicted molar refractivity (Wildman–Crippen MR) is 108 cm³/mol. The van der Waals surface area contributed by atoms with Gasteiger partial charge in [0.1, 0.15) is 5.54 Å². The molecule has 2 heterocycles. The van der Waals surface area contributed by atoms with E-state index in [-0.39, 0.29) is 11.9 Å². The monoisotopic (exact) mass is 371 g/mol. The third kappa shape index (κ3) is 3.49. The van der Waals surface area contributed by atoms with E-state index in [1.807, 2.05) is 4.90 Å². The molecule has 0 bridgehead atoms. The van der Waals surface area contributed by atoms with E-state index in [1.54, 1.807) is 7.05 Å². The lowest BCUT2D eigenvalue weighted by atomic mass is 9.85. The fraction of sp³-hybridized carbons (Fsp3) is 0.636. The van der Waals surface area contributed by atoms with Crippen LogP contribution in [0.1, 0.15) is 48.9 Å². The van der Waals surface area contributed by atoms with Crippen molar-refractivity contribution in [2.24, 2.45) is 5.92 Å². The molecule has 0 saturated carbocycles. The van der Waals surface area contributed by atoms with Gasteiger partial charge in [0.25, 0.3) is 5.91 Å². The Balaban J connectivity index is 1.74. The third-order valence-corrected chi connectivity index (χ3v) is 6.31. The van der Waals surface area contributed by atoms with Crippen LogP contribution in [0.15, 0.2) is 12.1 Å². The fourth-order valence-corrected chi connectivity index (χ4v) is 4.49. The van der Waals surface area contributed by atoms with Crippen molar-refractivity contribution >= 4 is 11.9 Å². The van der Waals surface area contributed by atoms with Crippen LogP contribution in [0.4, 0.5) is 4.79 Å². The van der Waals surface area contributed by atoms with Gasteiger partial charge in [0.15, 0.2) is 0 Å². The standard InChI is InChI=1S/C22H33N3O2/c1-15(2)13-25-21(27)23(6)20(26)22(25)7-9-24(10-8-22)14-19-12-17(4)16(3)11-18(19)5/h11-12,15H,7-10,13-14H2,1-6H3. The van der Waals surface area contributed by atoms with Crippen molar-refractivity contribution in [3.63, 3.8) is 0 Å². The second-order valence-electron chi connectivity index (χ2n) is 8.82. The van der Waals surface area contributed by atoms with Gasteiger partial charge in [-0.2, -0.15) is 0 Å². The molecule has 148 valence electrons. The lowest BCUT2D eigenvalue weighted by Crippen LogP contribution is -2.57. The number of aryl methyl sites for hydroxylation is 3. The van der Waals surface area contributed by atoms with Crippen LogP contribution in [-0.2, 0) is 11.3 Å². The molecular formula is C22H33N3O2. The number of carbonyl (C=O) groups excluding carboxylic acids is 2. The highest BCUT2D eigenvalue weighted by Crippen LogP contribution is 2.37. The molecule has 3 rings (SSSR count). The van der Waals surface area contributed by atoms with Gasteiger partial charge < -0.3 is 4.90 Å². The summed E-state index contributed by atoms with van der Waals surface area (Å²) in [6, 6.07) is 4.42. The Kier molecular flexibility index (Phi) is 5.35. The van der Waals surface area contributed by atoms with Crippen LogP contribution in [0.2, 0.25) is 0 Å². The second-order valence-corrected chi connectivity index (χ2v) is 8.82. The number of rotatable bonds is 4. The molecule has 2 fully saturated rings. The number of likely N-dealkylation sites (N-methyl/N-ethyl adjacent to an activating group) is 1. The minimum absolute atomic E-state index is 0.0184. The molecule has 1 aromatic rings. The number of urea groups is 1. The first-order valence-corrected chi connectivity index (χ1v) is 10.0. The fourth-order valence-electron chi connectivity index (χ4n) is 4.49. The van der Waals surface area contributed by atoms with Gasteiger partial charge in [0.2, 0.25) is 0 Å². The first kappa shape index (κ1) is 19.9. The molecule has 3 amide bonds. The Hall–Kier alpha value is -1.88. The summed E-state index contributed by atoms with van der Waals surface area (Å²) in [4.78, 5) is 31.2. The summed E-state index contributed by atoms with van der Waals surface area (Å²) >= 11 is 0. The van der Waals surface area contributed by atoms with Gasteiger partial charge >= 0.3 is 6.03 Å². The lowest BCUT2D eigenvalue weighted by molar-refractivity contribution is -0.135. The van der Waals surface area contributed by atoms with Crippen LogP contribution in [-0.4, -0.2) is 58.9 Å². The van der Waals surface area contributed by atoms with Crippen molar-refractivity contribution in [2.45, 2.75) is 59.5 Å². The van der Waals surface area contributed by atoms with Gasteiger partial charge in [0, 0.05) is 33.2 Å². The molecule has 0 radical (unpaired) electrons. The number of nitrogens with zero attached hydrogens (tertiary/aromatic N) is 3. The van der Waals surface area contributed by atoms with E-state index >= 15 is 0 Å². The molecule has 0 unspecified atom stereocenters.